The van der Waals surface area contributed by atoms with Crippen molar-refractivity contribution in [3.05, 3.63) is 24.3 Å². The molecule has 1 amide bonds. The molecule has 7 heteroatoms. The van der Waals surface area contributed by atoms with Crippen molar-refractivity contribution in [3.8, 4) is 0 Å². The lowest BCUT2D eigenvalue weighted by Crippen LogP contribution is -2.18. The maximum atomic E-state index is 12.2. The molecule has 106 valence electrons. The van der Waals surface area contributed by atoms with Crippen LogP contribution < -0.4 is 5.32 Å². The summed E-state index contributed by atoms with van der Waals surface area (Å²) < 4.78 is 41.4. The average molecular weight is 293 g/mol. The van der Waals surface area contributed by atoms with Crippen molar-refractivity contribution in [1.82, 2.24) is 0 Å². The molecule has 0 aliphatic carbocycles. The lowest BCUT2D eigenvalue weighted by molar-refractivity contribution is -0.120. The summed E-state index contributed by atoms with van der Waals surface area (Å²) in [5, 5.41) is 2.53. The third kappa shape index (κ3) is 6.49. The van der Waals surface area contributed by atoms with Gasteiger partial charge in [0, 0.05) is 11.5 Å². The molecule has 19 heavy (non-hydrogen) atoms. The van der Waals surface area contributed by atoms with Gasteiger partial charge in [-0.25, -0.2) is 0 Å². The van der Waals surface area contributed by atoms with Crippen LogP contribution in [0.5, 0.6) is 0 Å². The van der Waals surface area contributed by atoms with Crippen molar-refractivity contribution < 1.29 is 22.7 Å². The molecule has 0 saturated carbocycles. The summed E-state index contributed by atoms with van der Waals surface area (Å²) in [7, 11) is 0. The number of hydrogen-bond acceptors (Lipinski definition) is 3. The molecule has 0 fully saturated rings. The summed E-state index contributed by atoms with van der Waals surface area (Å²) in [6.07, 6.45) is -4.24. The third-order valence-electron chi connectivity index (χ3n) is 1.99. The first-order valence-electron chi connectivity index (χ1n) is 5.58. The average Bonchev–Trinajstić information content (AvgIpc) is 2.34. The molecule has 1 rings (SSSR count). The van der Waals surface area contributed by atoms with Crippen LogP contribution in [0.3, 0.4) is 0 Å². The van der Waals surface area contributed by atoms with E-state index in [0.717, 1.165) is 0 Å². The number of rotatable bonds is 6. The van der Waals surface area contributed by atoms with E-state index in [4.69, 9.17) is 4.74 Å². The topological polar surface area (TPSA) is 38.3 Å². The maximum Gasteiger partial charge on any atom is 0.398 e. The number of halogens is 3. The van der Waals surface area contributed by atoms with Gasteiger partial charge in [0.25, 0.3) is 0 Å². The third-order valence-corrected chi connectivity index (χ3v) is 3.13. The second-order valence-electron chi connectivity index (χ2n) is 3.59. The molecule has 1 aromatic carbocycles. The number of ether oxygens (including phenoxy) is 1. The molecular weight excluding hydrogens is 279 g/mol. The lowest BCUT2D eigenvalue weighted by Gasteiger charge is -2.11. The SMILES string of the molecule is CCOCC(=O)Nc1ccccc1SCC(F)(F)F. The number of carbonyl (C=O) groups excluding carboxylic acids is 1. The number of hydrogen-bond donors (Lipinski definition) is 1. The fraction of sp³-hybridized carbons (Fsp3) is 0.417. The molecule has 0 saturated heterocycles. The van der Waals surface area contributed by atoms with Crippen molar-refractivity contribution in [2.45, 2.75) is 18.0 Å². The molecule has 0 spiro atoms. The van der Waals surface area contributed by atoms with Crippen LogP contribution in [-0.4, -0.2) is 31.1 Å². The summed E-state index contributed by atoms with van der Waals surface area (Å²) >= 11 is 0.639. The Labute approximate surface area is 113 Å². The Morgan fingerprint density at radius 2 is 2.05 bits per heavy atom. The Bertz CT molecular complexity index is 424. The van der Waals surface area contributed by atoms with E-state index >= 15 is 0 Å². The van der Waals surface area contributed by atoms with Crippen LogP contribution in [0.25, 0.3) is 0 Å². The Balaban J connectivity index is 2.65. The van der Waals surface area contributed by atoms with Crippen molar-refractivity contribution in [1.29, 1.82) is 0 Å². The summed E-state index contributed by atoms with van der Waals surface area (Å²) in [5.74, 6) is -1.38. The number of amides is 1. The number of nitrogens with one attached hydrogen (secondary N) is 1. The molecule has 0 aromatic heterocycles. The van der Waals surface area contributed by atoms with Crippen LogP contribution in [0.4, 0.5) is 18.9 Å². The lowest BCUT2D eigenvalue weighted by atomic mass is 10.3. The number of carbonyl (C=O) groups is 1. The highest BCUT2D eigenvalue weighted by Crippen LogP contribution is 2.31. The van der Waals surface area contributed by atoms with Gasteiger partial charge in [-0.05, 0) is 19.1 Å². The van der Waals surface area contributed by atoms with E-state index in [0.29, 0.717) is 29.0 Å². The number of alkyl halides is 3. The van der Waals surface area contributed by atoms with Crippen molar-refractivity contribution in [3.63, 3.8) is 0 Å². The smallest absolute Gasteiger partial charge is 0.372 e. The van der Waals surface area contributed by atoms with Gasteiger partial charge in [-0.1, -0.05) is 12.1 Å². The first kappa shape index (κ1) is 15.8. The van der Waals surface area contributed by atoms with Gasteiger partial charge in [0.05, 0.1) is 11.4 Å². The van der Waals surface area contributed by atoms with Crippen molar-refractivity contribution in [2.24, 2.45) is 0 Å². The molecule has 0 unspecified atom stereocenters. The molecule has 1 N–H and O–H groups in total. The van der Waals surface area contributed by atoms with Gasteiger partial charge in [0.2, 0.25) is 5.91 Å². The summed E-state index contributed by atoms with van der Waals surface area (Å²) in [6.45, 7) is 2.03. The van der Waals surface area contributed by atoms with E-state index in [2.05, 4.69) is 5.32 Å². The number of benzene rings is 1. The fourth-order valence-electron chi connectivity index (χ4n) is 1.24. The monoisotopic (exact) mass is 293 g/mol. The molecule has 0 aliphatic rings. The highest BCUT2D eigenvalue weighted by atomic mass is 32.2. The van der Waals surface area contributed by atoms with Crippen LogP contribution >= 0.6 is 11.8 Å². The normalized spacial score (nSPS) is 11.4. The van der Waals surface area contributed by atoms with Crippen molar-refractivity contribution in [2.75, 3.05) is 24.3 Å². The van der Waals surface area contributed by atoms with E-state index in [1.54, 1.807) is 25.1 Å². The first-order chi connectivity index (χ1) is 8.92. The highest BCUT2D eigenvalue weighted by Gasteiger charge is 2.27. The van der Waals surface area contributed by atoms with E-state index in [-0.39, 0.29) is 12.5 Å². The van der Waals surface area contributed by atoms with E-state index in [1.807, 2.05) is 0 Å². The number of anilines is 1. The second kappa shape index (κ2) is 7.40. The van der Waals surface area contributed by atoms with E-state index < -0.39 is 11.9 Å². The van der Waals surface area contributed by atoms with Gasteiger partial charge in [-0.3, -0.25) is 4.79 Å². The standard InChI is InChI=1S/C12H14F3NO2S/c1-2-18-7-11(17)16-9-5-3-4-6-10(9)19-8-12(13,14)15/h3-6H,2,7-8H2,1H3,(H,16,17). The highest BCUT2D eigenvalue weighted by molar-refractivity contribution is 7.99. The molecule has 3 nitrogen and oxygen atoms in total. The van der Waals surface area contributed by atoms with Crippen LogP contribution in [0.1, 0.15) is 6.92 Å². The van der Waals surface area contributed by atoms with Crippen LogP contribution in [-0.2, 0) is 9.53 Å². The van der Waals surface area contributed by atoms with Gasteiger partial charge < -0.3 is 10.1 Å². The fourth-order valence-corrected chi connectivity index (χ4v) is 2.00. The molecule has 1 aromatic rings. The summed E-state index contributed by atoms with van der Waals surface area (Å²) in [6, 6.07) is 6.36. The Kier molecular flexibility index (Phi) is 6.17. The summed E-state index contributed by atoms with van der Waals surface area (Å²) in [4.78, 5) is 11.8. The van der Waals surface area contributed by atoms with E-state index in [9.17, 15) is 18.0 Å². The zero-order valence-corrected chi connectivity index (χ0v) is 11.1. The predicted molar refractivity (Wildman–Crippen MR) is 68.3 cm³/mol. The molecule has 0 aliphatic heterocycles. The first-order valence-corrected chi connectivity index (χ1v) is 6.57. The van der Waals surface area contributed by atoms with Crippen molar-refractivity contribution >= 4 is 23.4 Å². The second-order valence-corrected chi connectivity index (χ2v) is 4.60. The molecule has 0 bridgehead atoms. The molecule has 0 radical (unpaired) electrons. The Hall–Kier alpha value is -1.21. The minimum absolute atomic E-state index is 0.116. The van der Waals surface area contributed by atoms with Gasteiger partial charge >= 0.3 is 6.18 Å². The van der Waals surface area contributed by atoms with Gasteiger partial charge in [0.15, 0.2) is 0 Å². The quantitative estimate of drug-likeness (QED) is 0.818. The minimum Gasteiger partial charge on any atom is -0.372 e. The maximum absolute atomic E-state index is 12.2. The van der Waals surface area contributed by atoms with Gasteiger partial charge in [0.1, 0.15) is 6.61 Å². The zero-order valence-electron chi connectivity index (χ0n) is 10.3. The van der Waals surface area contributed by atoms with Gasteiger partial charge in [-0.2, -0.15) is 13.2 Å². The van der Waals surface area contributed by atoms with E-state index in [1.165, 1.54) is 6.07 Å². The minimum atomic E-state index is -4.24. The predicted octanol–water partition coefficient (Wildman–Crippen LogP) is 3.32. The Morgan fingerprint density at radius 1 is 1.37 bits per heavy atom. The zero-order chi connectivity index (χ0) is 14.3. The largest absolute Gasteiger partial charge is 0.398 e. The molecule has 0 atom stereocenters. The Morgan fingerprint density at radius 3 is 2.68 bits per heavy atom. The van der Waals surface area contributed by atoms with Crippen LogP contribution in [0.15, 0.2) is 29.2 Å². The van der Waals surface area contributed by atoms with Crippen LogP contribution in [0.2, 0.25) is 0 Å². The number of para-hydroxylation sites is 1. The van der Waals surface area contributed by atoms with Crippen LogP contribution in [0, 0.1) is 0 Å². The molecular formula is C12H14F3NO2S. The summed E-state index contributed by atoms with van der Waals surface area (Å²) in [5.41, 5.74) is 0.362. The number of thioether (sulfide) groups is 1. The van der Waals surface area contributed by atoms with Gasteiger partial charge in [-0.15, -0.1) is 11.8 Å². The molecule has 0 heterocycles.